The SMILES string of the molecule is Nc1ccc(OC=O)cc1Cl. The lowest BCUT2D eigenvalue weighted by molar-refractivity contribution is -0.120. The van der Waals surface area contributed by atoms with Crippen molar-refractivity contribution in [2.24, 2.45) is 0 Å². The number of carbonyl (C=O) groups is 1. The van der Waals surface area contributed by atoms with Crippen molar-refractivity contribution < 1.29 is 9.53 Å². The van der Waals surface area contributed by atoms with Crippen LogP contribution in [0.3, 0.4) is 0 Å². The van der Waals surface area contributed by atoms with Gasteiger partial charge in [-0.2, -0.15) is 0 Å². The Kier molecular flexibility index (Phi) is 2.33. The Hall–Kier alpha value is -1.22. The highest BCUT2D eigenvalue weighted by atomic mass is 35.5. The van der Waals surface area contributed by atoms with E-state index in [0.717, 1.165) is 0 Å². The van der Waals surface area contributed by atoms with Crippen molar-refractivity contribution in [1.29, 1.82) is 0 Å². The van der Waals surface area contributed by atoms with E-state index in [1.165, 1.54) is 6.07 Å². The largest absolute Gasteiger partial charge is 0.429 e. The molecule has 0 heterocycles. The van der Waals surface area contributed by atoms with E-state index in [4.69, 9.17) is 17.3 Å². The summed E-state index contributed by atoms with van der Waals surface area (Å²) in [6, 6.07) is 4.61. The predicted octanol–water partition coefficient (Wildman–Crippen LogP) is 1.46. The zero-order valence-electron chi connectivity index (χ0n) is 5.58. The molecule has 11 heavy (non-hydrogen) atoms. The summed E-state index contributed by atoms with van der Waals surface area (Å²) < 4.78 is 4.52. The fourth-order valence-electron chi connectivity index (χ4n) is 0.637. The normalized spacial score (nSPS) is 9.18. The van der Waals surface area contributed by atoms with E-state index >= 15 is 0 Å². The number of hydrogen-bond acceptors (Lipinski definition) is 3. The molecule has 0 spiro atoms. The van der Waals surface area contributed by atoms with E-state index in [1.807, 2.05) is 0 Å². The third-order valence-corrected chi connectivity index (χ3v) is 1.48. The molecule has 0 fully saturated rings. The van der Waals surface area contributed by atoms with Crippen LogP contribution >= 0.6 is 11.6 Å². The summed E-state index contributed by atoms with van der Waals surface area (Å²) in [5.74, 6) is 0.388. The molecule has 0 aliphatic carbocycles. The minimum Gasteiger partial charge on any atom is -0.429 e. The number of anilines is 1. The molecule has 0 saturated carbocycles. The maximum atomic E-state index is 9.87. The van der Waals surface area contributed by atoms with Crippen LogP contribution in [-0.2, 0) is 4.79 Å². The van der Waals surface area contributed by atoms with Crippen molar-refractivity contribution in [1.82, 2.24) is 0 Å². The molecule has 0 saturated heterocycles. The Morgan fingerprint density at radius 3 is 2.82 bits per heavy atom. The zero-order chi connectivity index (χ0) is 8.27. The first-order valence-corrected chi connectivity index (χ1v) is 3.27. The van der Waals surface area contributed by atoms with Gasteiger partial charge < -0.3 is 10.5 Å². The molecule has 58 valence electrons. The molecule has 0 atom stereocenters. The van der Waals surface area contributed by atoms with Crippen molar-refractivity contribution in [2.45, 2.75) is 0 Å². The summed E-state index contributed by atoms with van der Waals surface area (Å²) in [7, 11) is 0. The number of ether oxygens (including phenoxy) is 1. The van der Waals surface area contributed by atoms with E-state index in [-0.39, 0.29) is 0 Å². The van der Waals surface area contributed by atoms with E-state index in [1.54, 1.807) is 12.1 Å². The Balaban J connectivity index is 2.95. The van der Waals surface area contributed by atoms with Crippen LogP contribution in [0.4, 0.5) is 5.69 Å². The molecular formula is C7H6ClNO2. The molecule has 0 aliphatic rings. The van der Waals surface area contributed by atoms with Crippen molar-refractivity contribution in [3.8, 4) is 5.75 Å². The van der Waals surface area contributed by atoms with Crippen LogP contribution in [0, 0.1) is 0 Å². The van der Waals surface area contributed by atoms with Gasteiger partial charge in [-0.15, -0.1) is 0 Å². The predicted molar refractivity (Wildman–Crippen MR) is 42.6 cm³/mol. The van der Waals surface area contributed by atoms with Crippen LogP contribution in [0.1, 0.15) is 0 Å². The summed E-state index contributed by atoms with van der Waals surface area (Å²) in [5, 5.41) is 0.379. The van der Waals surface area contributed by atoms with Gasteiger partial charge in [0.1, 0.15) is 5.75 Å². The molecule has 0 radical (unpaired) electrons. The summed E-state index contributed by atoms with van der Waals surface area (Å²) in [6.07, 6.45) is 0. The van der Waals surface area contributed by atoms with Gasteiger partial charge in [0.05, 0.1) is 10.7 Å². The smallest absolute Gasteiger partial charge is 0.298 e. The summed E-state index contributed by atoms with van der Waals surface area (Å²) in [4.78, 5) is 9.87. The van der Waals surface area contributed by atoms with Gasteiger partial charge in [-0.3, -0.25) is 4.79 Å². The average molecular weight is 172 g/mol. The number of nitrogen functional groups attached to an aromatic ring is 1. The van der Waals surface area contributed by atoms with Gasteiger partial charge in [0.15, 0.2) is 0 Å². The van der Waals surface area contributed by atoms with Crippen molar-refractivity contribution >= 4 is 23.8 Å². The highest BCUT2D eigenvalue weighted by Gasteiger charge is 1.97. The molecule has 1 aromatic carbocycles. The molecule has 0 bridgehead atoms. The van der Waals surface area contributed by atoms with Crippen LogP contribution < -0.4 is 10.5 Å². The number of benzene rings is 1. The maximum absolute atomic E-state index is 9.87. The highest BCUT2D eigenvalue weighted by molar-refractivity contribution is 6.33. The molecule has 0 aliphatic heterocycles. The average Bonchev–Trinajstić information content (AvgIpc) is 1.98. The fourth-order valence-corrected chi connectivity index (χ4v) is 0.807. The lowest BCUT2D eigenvalue weighted by Gasteiger charge is -1.99. The number of halogens is 1. The second kappa shape index (κ2) is 3.25. The van der Waals surface area contributed by atoms with Crippen molar-refractivity contribution in [3.63, 3.8) is 0 Å². The van der Waals surface area contributed by atoms with Gasteiger partial charge >= 0.3 is 0 Å². The molecule has 1 aromatic rings. The van der Waals surface area contributed by atoms with Gasteiger partial charge in [0.2, 0.25) is 0 Å². The molecular weight excluding hydrogens is 166 g/mol. The Labute approximate surface area is 68.7 Å². The lowest BCUT2D eigenvalue weighted by Crippen LogP contribution is -1.90. The second-order valence-electron chi connectivity index (χ2n) is 1.90. The number of carbonyl (C=O) groups excluding carboxylic acids is 1. The number of rotatable bonds is 2. The first kappa shape index (κ1) is 7.88. The van der Waals surface area contributed by atoms with Gasteiger partial charge in [-0.1, -0.05) is 11.6 Å². The van der Waals surface area contributed by atoms with E-state index in [0.29, 0.717) is 22.9 Å². The van der Waals surface area contributed by atoms with Gasteiger partial charge in [-0.25, -0.2) is 0 Å². The molecule has 1 rings (SSSR count). The Morgan fingerprint density at radius 2 is 2.27 bits per heavy atom. The Morgan fingerprint density at radius 1 is 1.55 bits per heavy atom. The zero-order valence-corrected chi connectivity index (χ0v) is 6.34. The Bertz CT molecular complexity index is 275. The second-order valence-corrected chi connectivity index (χ2v) is 2.30. The fraction of sp³-hybridized carbons (Fsp3) is 0. The lowest BCUT2D eigenvalue weighted by atomic mass is 10.3. The molecule has 0 aromatic heterocycles. The number of hydrogen-bond donors (Lipinski definition) is 1. The van der Waals surface area contributed by atoms with Crippen LogP contribution in [0.25, 0.3) is 0 Å². The maximum Gasteiger partial charge on any atom is 0.298 e. The van der Waals surface area contributed by atoms with Crippen molar-refractivity contribution in [2.75, 3.05) is 5.73 Å². The molecule has 4 heteroatoms. The first-order chi connectivity index (χ1) is 5.24. The molecule has 3 nitrogen and oxygen atoms in total. The minimum absolute atomic E-state index is 0.335. The van der Waals surface area contributed by atoms with Crippen LogP contribution in [0.2, 0.25) is 5.02 Å². The van der Waals surface area contributed by atoms with Crippen LogP contribution in [-0.4, -0.2) is 6.47 Å². The molecule has 0 amide bonds. The van der Waals surface area contributed by atoms with Gasteiger partial charge in [0, 0.05) is 6.07 Å². The standard InChI is InChI=1S/C7H6ClNO2/c8-6-3-5(11-4-10)1-2-7(6)9/h1-4H,9H2. The van der Waals surface area contributed by atoms with E-state index < -0.39 is 0 Å². The van der Waals surface area contributed by atoms with Gasteiger partial charge in [0.25, 0.3) is 6.47 Å². The third-order valence-electron chi connectivity index (χ3n) is 1.16. The summed E-state index contributed by atoms with van der Waals surface area (Å²) in [5.41, 5.74) is 5.87. The number of nitrogens with two attached hydrogens (primary N) is 1. The summed E-state index contributed by atoms with van der Waals surface area (Å²) >= 11 is 5.63. The van der Waals surface area contributed by atoms with E-state index in [9.17, 15) is 4.79 Å². The molecule has 2 N–H and O–H groups in total. The monoisotopic (exact) mass is 171 g/mol. The highest BCUT2D eigenvalue weighted by Crippen LogP contribution is 2.23. The third kappa shape index (κ3) is 1.85. The van der Waals surface area contributed by atoms with Crippen LogP contribution in [0.5, 0.6) is 5.75 Å². The summed E-state index contributed by atoms with van der Waals surface area (Å²) in [6.45, 7) is 0.335. The minimum atomic E-state index is 0.335. The molecule has 0 unspecified atom stereocenters. The van der Waals surface area contributed by atoms with Gasteiger partial charge in [-0.05, 0) is 12.1 Å². The first-order valence-electron chi connectivity index (χ1n) is 2.89. The topological polar surface area (TPSA) is 52.3 Å². The quantitative estimate of drug-likeness (QED) is 0.542. The van der Waals surface area contributed by atoms with E-state index in [2.05, 4.69) is 4.74 Å². The van der Waals surface area contributed by atoms with Crippen molar-refractivity contribution in [3.05, 3.63) is 23.2 Å². The van der Waals surface area contributed by atoms with Crippen LogP contribution in [0.15, 0.2) is 18.2 Å².